The first-order chi connectivity index (χ1) is 13.6. The molecule has 0 saturated carbocycles. The highest BCUT2D eigenvalue weighted by Crippen LogP contribution is 2.21. The summed E-state index contributed by atoms with van der Waals surface area (Å²) in [6.07, 6.45) is 0.709. The minimum absolute atomic E-state index is 0.0601. The lowest BCUT2D eigenvalue weighted by Crippen LogP contribution is -2.27. The van der Waals surface area contributed by atoms with Crippen LogP contribution >= 0.6 is 11.8 Å². The normalized spacial score (nSPS) is 10.7. The standard InChI is InChI=1S/C20H23N5O2S/c1-14-8-9-17(15(2)12-14)25-20(22-23-24-25)28-13-19(26)21-11-10-16-6-4-5-7-18(16)27-3/h4-9,12H,10-11,13H2,1-3H3,(H,21,26). The summed E-state index contributed by atoms with van der Waals surface area (Å²) >= 11 is 1.31. The van der Waals surface area contributed by atoms with E-state index in [0.29, 0.717) is 18.1 Å². The van der Waals surface area contributed by atoms with Gasteiger partial charge in [-0.25, -0.2) is 0 Å². The summed E-state index contributed by atoms with van der Waals surface area (Å²) in [5, 5.41) is 15.4. The number of nitrogens with zero attached hydrogens (tertiary/aromatic N) is 4. The number of nitrogens with one attached hydrogen (secondary N) is 1. The fourth-order valence-electron chi connectivity index (χ4n) is 2.89. The van der Waals surface area contributed by atoms with Crippen molar-refractivity contribution in [1.82, 2.24) is 25.5 Å². The lowest BCUT2D eigenvalue weighted by molar-refractivity contribution is -0.118. The molecular formula is C20H23N5O2S. The van der Waals surface area contributed by atoms with E-state index in [9.17, 15) is 4.79 Å². The molecule has 1 N–H and O–H groups in total. The monoisotopic (exact) mass is 397 g/mol. The number of hydrogen-bond donors (Lipinski definition) is 1. The topological polar surface area (TPSA) is 81.9 Å². The average molecular weight is 398 g/mol. The molecule has 0 fully saturated rings. The number of ether oxygens (including phenoxy) is 1. The number of hydrogen-bond acceptors (Lipinski definition) is 6. The molecule has 0 aliphatic rings. The van der Waals surface area contributed by atoms with Crippen molar-refractivity contribution < 1.29 is 9.53 Å². The fraction of sp³-hybridized carbons (Fsp3) is 0.300. The zero-order valence-electron chi connectivity index (χ0n) is 16.2. The third kappa shape index (κ3) is 4.89. The van der Waals surface area contributed by atoms with Crippen LogP contribution in [-0.2, 0) is 11.2 Å². The zero-order chi connectivity index (χ0) is 19.9. The largest absolute Gasteiger partial charge is 0.496 e. The van der Waals surface area contributed by atoms with E-state index in [1.54, 1.807) is 11.8 Å². The van der Waals surface area contributed by atoms with Crippen molar-refractivity contribution in [3.8, 4) is 11.4 Å². The molecule has 0 aliphatic carbocycles. The summed E-state index contributed by atoms with van der Waals surface area (Å²) in [5.74, 6) is 1.02. The second kappa shape index (κ2) is 9.36. The number of methoxy groups -OCH3 is 1. The molecular weight excluding hydrogens is 374 g/mol. The van der Waals surface area contributed by atoms with Crippen LogP contribution in [0.3, 0.4) is 0 Å². The number of para-hydroxylation sites is 1. The van der Waals surface area contributed by atoms with Crippen LogP contribution in [0.15, 0.2) is 47.6 Å². The van der Waals surface area contributed by atoms with Gasteiger partial charge in [0.05, 0.1) is 18.6 Å². The smallest absolute Gasteiger partial charge is 0.230 e. The van der Waals surface area contributed by atoms with E-state index >= 15 is 0 Å². The van der Waals surface area contributed by atoms with Gasteiger partial charge >= 0.3 is 0 Å². The second-order valence-electron chi connectivity index (χ2n) is 6.36. The molecule has 1 heterocycles. The predicted molar refractivity (Wildman–Crippen MR) is 109 cm³/mol. The van der Waals surface area contributed by atoms with Crippen molar-refractivity contribution in [3.05, 3.63) is 59.2 Å². The average Bonchev–Trinajstić information content (AvgIpc) is 3.15. The molecule has 8 heteroatoms. The van der Waals surface area contributed by atoms with Crippen molar-refractivity contribution in [3.63, 3.8) is 0 Å². The predicted octanol–water partition coefficient (Wildman–Crippen LogP) is 2.74. The minimum Gasteiger partial charge on any atom is -0.496 e. The first-order valence-corrected chi connectivity index (χ1v) is 9.94. The Labute approximate surface area is 168 Å². The van der Waals surface area contributed by atoms with Gasteiger partial charge in [0.1, 0.15) is 5.75 Å². The van der Waals surface area contributed by atoms with Crippen molar-refractivity contribution in [2.24, 2.45) is 0 Å². The van der Waals surface area contributed by atoms with Gasteiger partial charge in [0, 0.05) is 6.54 Å². The molecule has 146 valence electrons. The Morgan fingerprint density at radius 2 is 2.04 bits per heavy atom. The fourth-order valence-corrected chi connectivity index (χ4v) is 3.60. The van der Waals surface area contributed by atoms with Crippen LogP contribution in [0.25, 0.3) is 5.69 Å². The number of carbonyl (C=O) groups excluding carboxylic acids is 1. The van der Waals surface area contributed by atoms with Gasteiger partial charge in [-0.1, -0.05) is 47.7 Å². The molecule has 0 saturated heterocycles. The molecule has 0 unspecified atom stereocenters. The van der Waals surface area contributed by atoms with E-state index < -0.39 is 0 Å². The van der Waals surface area contributed by atoms with Crippen molar-refractivity contribution in [1.29, 1.82) is 0 Å². The van der Waals surface area contributed by atoms with Crippen LogP contribution < -0.4 is 10.1 Å². The molecule has 7 nitrogen and oxygen atoms in total. The van der Waals surface area contributed by atoms with Crippen molar-refractivity contribution in [2.45, 2.75) is 25.4 Å². The van der Waals surface area contributed by atoms with Crippen molar-refractivity contribution in [2.75, 3.05) is 19.4 Å². The zero-order valence-corrected chi connectivity index (χ0v) is 17.0. The van der Waals surface area contributed by atoms with Crippen LogP contribution in [0, 0.1) is 13.8 Å². The highest BCUT2D eigenvalue weighted by atomic mass is 32.2. The van der Waals surface area contributed by atoms with Gasteiger partial charge in [-0.15, -0.1) is 5.10 Å². The first-order valence-electron chi connectivity index (χ1n) is 8.96. The maximum atomic E-state index is 12.2. The van der Waals surface area contributed by atoms with E-state index in [1.165, 1.54) is 17.3 Å². The molecule has 0 atom stereocenters. The Kier molecular flexibility index (Phi) is 6.65. The molecule has 0 radical (unpaired) electrons. The van der Waals surface area contributed by atoms with Gasteiger partial charge in [-0.05, 0) is 54.0 Å². The number of thioether (sulfide) groups is 1. The Morgan fingerprint density at radius 1 is 1.21 bits per heavy atom. The van der Waals surface area contributed by atoms with E-state index in [4.69, 9.17) is 4.74 Å². The highest BCUT2D eigenvalue weighted by Gasteiger charge is 2.13. The van der Waals surface area contributed by atoms with Crippen LogP contribution in [0.4, 0.5) is 0 Å². The minimum atomic E-state index is -0.0601. The molecule has 0 aliphatic heterocycles. The summed E-state index contributed by atoms with van der Waals surface area (Å²) in [4.78, 5) is 12.2. The summed E-state index contributed by atoms with van der Waals surface area (Å²) < 4.78 is 7.00. The quantitative estimate of drug-likeness (QED) is 0.589. The van der Waals surface area contributed by atoms with Gasteiger partial charge in [0.15, 0.2) is 0 Å². The van der Waals surface area contributed by atoms with Crippen LogP contribution in [0.2, 0.25) is 0 Å². The first kappa shape index (κ1) is 19.9. The van der Waals surface area contributed by atoms with Crippen molar-refractivity contribution >= 4 is 17.7 Å². The Balaban J connectivity index is 1.54. The number of benzene rings is 2. The van der Waals surface area contributed by atoms with E-state index in [0.717, 1.165) is 22.6 Å². The molecule has 3 rings (SSSR count). The third-order valence-electron chi connectivity index (χ3n) is 4.26. The number of rotatable bonds is 8. The molecule has 1 aromatic heterocycles. The number of aromatic nitrogens is 4. The molecule has 1 amide bonds. The maximum Gasteiger partial charge on any atom is 0.230 e. The summed E-state index contributed by atoms with van der Waals surface area (Å²) in [5.41, 5.74) is 4.24. The molecule has 3 aromatic rings. The molecule has 2 aromatic carbocycles. The number of carbonyl (C=O) groups is 1. The van der Waals surface area contributed by atoms with Crippen LogP contribution in [-0.4, -0.2) is 45.5 Å². The van der Waals surface area contributed by atoms with E-state index in [-0.39, 0.29) is 11.7 Å². The number of aryl methyl sites for hydroxylation is 2. The van der Waals surface area contributed by atoms with E-state index in [2.05, 4.69) is 26.9 Å². The van der Waals surface area contributed by atoms with Gasteiger partial charge in [0.25, 0.3) is 0 Å². The Bertz CT molecular complexity index is 957. The molecule has 28 heavy (non-hydrogen) atoms. The molecule has 0 spiro atoms. The third-order valence-corrected chi connectivity index (χ3v) is 5.18. The van der Waals surface area contributed by atoms with Gasteiger partial charge < -0.3 is 10.1 Å². The summed E-state index contributed by atoms with van der Waals surface area (Å²) in [6, 6.07) is 13.9. The van der Waals surface area contributed by atoms with Gasteiger partial charge in [-0.3, -0.25) is 4.79 Å². The van der Waals surface area contributed by atoms with Crippen LogP contribution in [0.5, 0.6) is 5.75 Å². The number of tetrazole rings is 1. The Morgan fingerprint density at radius 3 is 2.82 bits per heavy atom. The summed E-state index contributed by atoms with van der Waals surface area (Å²) in [6.45, 7) is 4.60. The van der Waals surface area contributed by atoms with Gasteiger partial charge in [0.2, 0.25) is 11.1 Å². The summed E-state index contributed by atoms with van der Waals surface area (Å²) in [7, 11) is 1.65. The van der Waals surface area contributed by atoms with Gasteiger partial charge in [-0.2, -0.15) is 4.68 Å². The van der Waals surface area contributed by atoms with E-state index in [1.807, 2.05) is 50.2 Å². The highest BCUT2D eigenvalue weighted by molar-refractivity contribution is 7.99. The van der Waals surface area contributed by atoms with Crippen LogP contribution in [0.1, 0.15) is 16.7 Å². The Hall–Kier alpha value is -2.87. The SMILES string of the molecule is COc1ccccc1CCNC(=O)CSc1nnnn1-c1ccc(C)cc1C. The molecule has 0 bridgehead atoms. The number of amides is 1. The second-order valence-corrected chi connectivity index (χ2v) is 7.31. The lowest BCUT2D eigenvalue weighted by atomic mass is 10.1. The maximum absolute atomic E-state index is 12.2. The lowest BCUT2D eigenvalue weighted by Gasteiger charge is -2.10.